The third kappa shape index (κ3) is 5.08. The van der Waals surface area contributed by atoms with Gasteiger partial charge in [-0.3, -0.25) is 0 Å². The Labute approximate surface area is 57.4 Å². The van der Waals surface area contributed by atoms with Crippen molar-refractivity contribution in [3.63, 3.8) is 0 Å². The van der Waals surface area contributed by atoms with Crippen LogP contribution in [0.5, 0.6) is 0 Å². The van der Waals surface area contributed by atoms with Crippen molar-refractivity contribution >= 4 is 15.5 Å². The predicted octanol–water partition coefficient (Wildman–Crippen LogP) is 0.676. The lowest BCUT2D eigenvalue weighted by Gasteiger charge is -2.14. The summed E-state index contributed by atoms with van der Waals surface area (Å²) in [5.41, 5.74) is 0. The first-order valence-corrected chi connectivity index (χ1v) is 5.19. The second-order valence-electron chi connectivity index (χ2n) is 1.33. The molecule has 5 N–H and O–H groups in total. The summed E-state index contributed by atoms with van der Waals surface area (Å²) < 4.78 is 7.79. The maximum absolute atomic E-state index is 8.58. The fourth-order valence-corrected chi connectivity index (χ4v) is 1.69. The van der Waals surface area contributed by atoms with E-state index in [1.54, 1.807) is 0 Å². The van der Waals surface area contributed by atoms with Crippen molar-refractivity contribution in [1.82, 2.24) is 0 Å². The van der Waals surface area contributed by atoms with E-state index in [-0.39, 0.29) is 0 Å². The zero-order valence-electron chi connectivity index (χ0n) is 5.05. The maximum Gasteiger partial charge on any atom is 0.357 e. The molecule has 0 bridgehead atoms. The average molecular weight is 190 g/mol. The van der Waals surface area contributed by atoms with Gasteiger partial charge in [0, 0.05) is 7.11 Å². The largest absolute Gasteiger partial charge is 0.357 e. The minimum absolute atomic E-state index is 0.969. The van der Waals surface area contributed by atoms with Crippen LogP contribution in [0, 0.1) is 10.3 Å². The number of hydrogen-bond donors (Lipinski definition) is 5. The van der Waals surface area contributed by atoms with Crippen molar-refractivity contribution in [3.05, 3.63) is 0 Å². The fraction of sp³-hybridized carbons (Fsp3) is 1.00. The molecule has 62 valence electrons. The van der Waals surface area contributed by atoms with E-state index in [1.807, 2.05) is 0 Å². The molecule has 1 unspecified atom stereocenters. The fourth-order valence-electron chi connectivity index (χ4n) is 0.188. The van der Waals surface area contributed by atoms with E-state index >= 15 is 0 Å². The Morgan fingerprint density at radius 3 is 1.70 bits per heavy atom. The van der Waals surface area contributed by atoms with E-state index in [9.17, 15) is 0 Å². The molecule has 0 saturated carbocycles. The highest BCUT2D eigenvalue weighted by Gasteiger charge is 2.22. The summed E-state index contributed by atoms with van der Waals surface area (Å²) in [6, 6.07) is 0. The molecule has 0 aliphatic heterocycles. The van der Waals surface area contributed by atoms with Crippen molar-refractivity contribution < 1.29 is 23.5 Å². The molecule has 0 heterocycles. The summed E-state index contributed by atoms with van der Waals surface area (Å²) >= 11 is 0. The Morgan fingerprint density at radius 2 is 1.60 bits per heavy atom. The Morgan fingerprint density at radius 1 is 1.20 bits per heavy atom. The molecular formula is CH8N2O5P2. The van der Waals surface area contributed by atoms with Gasteiger partial charge in [0.05, 0.1) is 0 Å². The summed E-state index contributed by atoms with van der Waals surface area (Å²) in [5.74, 6) is 0. The number of nitrogens with one attached hydrogen (secondary N) is 2. The third-order valence-electron chi connectivity index (χ3n) is 0.472. The zero-order valence-corrected chi connectivity index (χ0v) is 6.84. The predicted molar refractivity (Wildman–Crippen MR) is 34.0 cm³/mol. The second kappa shape index (κ2) is 3.11. The van der Waals surface area contributed by atoms with E-state index in [1.165, 1.54) is 0 Å². The van der Waals surface area contributed by atoms with Crippen molar-refractivity contribution in [1.29, 1.82) is 10.3 Å². The molecule has 0 radical (unpaired) electrons. The van der Waals surface area contributed by atoms with Gasteiger partial charge in [-0.1, -0.05) is 0 Å². The van der Waals surface area contributed by atoms with Gasteiger partial charge in [0.15, 0.2) is 0 Å². The van der Waals surface area contributed by atoms with Gasteiger partial charge in [-0.15, -0.1) is 0 Å². The second-order valence-corrected chi connectivity index (χ2v) is 4.48. The zero-order chi connectivity index (χ0) is 8.41. The van der Waals surface area contributed by atoms with Gasteiger partial charge >= 0.3 is 15.5 Å². The molecule has 0 fully saturated rings. The van der Waals surface area contributed by atoms with Crippen LogP contribution in [0.1, 0.15) is 0 Å². The molecule has 0 aromatic carbocycles. The van der Waals surface area contributed by atoms with Crippen LogP contribution >= 0.6 is 15.5 Å². The van der Waals surface area contributed by atoms with E-state index in [2.05, 4.69) is 8.83 Å². The van der Waals surface area contributed by atoms with Gasteiger partial charge in [0.1, 0.15) is 0 Å². The van der Waals surface area contributed by atoms with Crippen molar-refractivity contribution in [2.45, 2.75) is 0 Å². The molecule has 0 saturated heterocycles. The molecular weight excluding hydrogens is 182 g/mol. The summed E-state index contributed by atoms with van der Waals surface area (Å²) in [6.45, 7) is 0. The highest BCUT2D eigenvalue weighted by atomic mass is 31.3. The quantitative estimate of drug-likeness (QED) is 0.418. The summed E-state index contributed by atoms with van der Waals surface area (Å²) in [6.07, 6.45) is 0. The van der Waals surface area contributed by atoms with Gasteiger partial charge in [-0.25, -0.2) is 14.6 Å². The lowest BCUT2D eigenvalue weighted by molar-refractivity contribution is 0.265. The molecule has 0 spiro atoms. The first kappa shape index (κ1) is 10.3. The van der Waals surface area contributed by atoms with Crippen LogP contribution in [0.15, 0.2) is 0 Å². The molecule has 9 heteroatoms. The maximum atomic E-state index is 8.58. The standard InChI is InChI=1S/CH8N2O5P2/c1-7-10(3,6)8-9(2,4)5/h1H3,(H2,3,6)(H3,2,4,5). The molecule has 1 atom stereocenters. The average Bonchev–Trinajstić information content (AvgIpc) is 1.60. The van der Waals surface area contributed by atoms with Crippen LogP contribution in [-0.2, 0) is 8.83 Å². The lowest BCUT2D eigenvalue weighted by atomic mass is 11.8. The highest BCUT2D eigenvalue weighted by Crippen LogP contribution is 2.57. The summed E-state index contributed by atoms with van der Waals surface area (Å²) in [7, 11) is -7.28. The molecule has 0 aliphatic rings. The van der Waals surface area contributed by atoms with E-state index < -0.39 is 15.5 Å². The normalized spacial score (nSPS) is 18.4. The Bertz CT molecular complexity index is 196. The SMILES string of the molecule is COP(=N)(O)OP(=N)(O)O. The Hall–Kier alpha value is 0.260. The van der Waals surface area contributed by atoms with E-state index in [0.717, 1.165) is 7.11 Å². The van der Waals surface area contributed by atoms with E-state index in [0.29, 0.717) is 0 Å². The third-order valence-corrected chi connectivity index (χ3v) is 2.76. The first-order valence-electron chi connectivity index (χ1n) is 2.00. The summed E-state index contributed by atoms with van der Waals surface area (Å²) in [4.78, 5) is 25.1. The number of rotatable bonds is 3. The van der Waals surface area contributed by atoms with Gasteiger partial charge in [0.25, 0.3) is 0 Å². The van der Waals surface area contributed by atoms with E-state index in [4.69, 9.17) is 25.0 Å². The summed E-state index contributed by atoms with van der Waals surface area (Å²) in [5, 5.41) is 13.0. The molecule has 10 heavy (non-hydrogen) atoms. The smallest absolute Gasteiger partial charge is 0.318 e. The Balaban J connectivity index is 4.17. The van der Waals surface area contributed by atoms with Crippen LogP contribution in [0.3, 0.4) is 0 Å². The van der Waals surface area contributed by atoms with Crippen LogP contribution in [0.25, 0.3) is 0 Å². The molecule has 0 aromatic heterocycles. The van der Waals surface area contributed by atoms with Crippen molar-refractivity contribution in [2.24, 2.45) is 0 Å². The molecule has 0 amide bonds. The van der Waals surface area contributed by atoms with Crippen LogP contribution in [0.4, 0.5) is 0 Å². The highest BCUT2D eigenvalue weighted by molar-refractivity contribution is 7.61. The van der Waals surface area contributed by atoms with Crippen LogP contribution in [-0.4, -0.2) is 21.8 Å². The molecule has 0 aromatic rings. The molecule has 0 rings (SSSR count). The Kier molecular flexibility index (Phi) is 3.19. The topological polar surface area (TPSA) is 127 Å². The van der Waals surface area contributed by atoms with Gasteiger partial charge in [-0.2, -0.15) is 0 Å². The minimum Gasteiger partial charge on any atom is -0.318 e. The van der Waals surface area contributed by atoms with Gasteiger partial charge in [0.2, 0.25) is 0 Å². The first-order chi connectivity index (χ1) is 4.27. The van der Waals surface area contributed by atoms with Gasteiger partial charge in [-0.05, 0) is 0 Å². The van der Waals surface area contributed by atoms with Gasteiger partial charge < -0.3 is 19.2 Å². The minimum atomic E-state index is -4.32. The van der Waals surface area contributed by atoms with Crippen molar-refractivity contribution in [2.75, 3.05) is 7.11 Å². The van der Waals surface area contributed by atoms with Crippen LogP contribution < -0.4 is 0 Å². The van der Waals surface area contributed by atoms with Crippen LogP contribution in [0.2, 0.25) is 0 Å². The lowest BCUT2D eigenvalue weighted by Crippen LogP contribution is -1.87. The monoisotopic (exact) mass is 190 g/mol. The molecule has 7 nitrogen and oxygen atoms in total. The number of hydrogen-bond acceptors (Lipinski definition) is 4. The van der Waals surface area contributed by atoms with Crippen molar-refractivity contribution in [3.8, 4) is 0 Å². The molecule has 0 aliphatic carbocycles.